The van der Waals surface area contributed by atoms with Crippen LogP contribution in [0.5, 0.6) is 0 Å². The van der Waals surface area contributed by atoms with Gasteiger partial charge in [0.15, 0.2) is 0 Å². The SMILES string of the molecule is CCC.CCC=O.CCCC=O. The van der Waals surface area contributed by atoms with E-state index in [0.29, 0.717) is 12.8 Å². The highest BCUT2D eigenvalue weighted by atomic mass is 16.1. The highest BCUT2D eigenvalue weighted by Crippen LogP contribution is 1.74. The van der Waals surface area contributed by atoms with Gasteiger partial charge in [-0.3, -0.25) is 0 Å². The molecular formula is C10H22O2. The molecule has 0 rings (SSSR count). The fourth-order valence-corrected chi connectivity index (χ4v) is 0.118. The van der Waals surface area contributed by atoms with Gasteiger partial charge in [-0.1, -0.05) is 34.1 Å². The highest BCUT2D eigenvalue weighted by Gasteiger charge is 1.66. The molecule has 0 bridgehead atoms. The maximum Gasteiger partial charge on any atom is 0.119 e. The summed E-state index contributed by atoms with van der Waals surface area (Å²) in [5.41, 5.74) is 0. The molecule has 2 heteroatoms. The lowest BCUT2D eigenvalue weighted by molar-refractivity contribution is -0.108. The molecule has 74 valence electrons. The van der Waals surface area contributed by atoms with Crippen LogP contribution in [0.2, 0.25) is 0 Å². The van der Waals surface area contributed by atoms with E-state index in [9.17, 15) is 9.59 Å². The number of rotatable bonds is 3. The van der Waals surface area contributed by atoms with Crippen LogP contribution >= 0.6 is 0 Å². The fourth-order valence-electron chi connectivity index (χ4n) is 0.118. The number of unbranched alkanes of at least 4 members (excludes halogenated alkanes) is 1. The number of carbonyl (C=O) groups excluding carboxylic acids is 2. The summed E-state index contributed by atoms with van der Waals surface area (Å²) in [5.74, 6) is 0. The largest absolute Gasteiger partial charge is 0.303 e. The number of aldehydes is 2. The first-order valence-corrected chi connectivity index (χ1v) is 4.62. The monoisotopic (exact) mass is 174 g/mol. The molecule has 0 atom stereocenters. The highest BCUT2D eigenvalue weighted by molar-refractivity contribution is 5.48. The first kappa shape index (κ1) is 17.4. The van der Waals surface area contributed by atoms with Gasteiger partial charge in [0, 0.05) is 12.8 Å². The van der Waals surface area contributed by atoms with Crippen molar-refractivity contribution in [2.24, 2.45) is 0 Å². The molecule has 0 aliphatic rings. The van der Waals surface area contributed by atoms with Crippen LogP contribution in [0.15, 0.2) is 0 Å². The van der Waals surface area contributed by atoms with Crippen molar-refractivity contribution >= 4 is 12.6 Å². The first-order valence-electron chi connectivity index (χ1n) is 4.62. The third-order valence-corrected chi connectivity index (χ3v) is 0.573. The molecule has 0 saturated carbocycles. The number of carbonyl (C=O) groups is 2. The Labute approximate surface area is 76.4 Å². The summed E-state index contributed by atoms with van der Waals surface area (Å²) in [7, 11) is 0. The van der Waals surface area contributed by atoms with Crippen molar-refractivity contribution in [3.8, 4) is 0 Å². The minimum Gasteiger partial charge on any atom is -0.303 e. The zero-order valence-corrected chi connectivity index (χ0v) is 8.80. The van der Waals surface area contributed by atoms with Crippen LogP contribution in [0.25, 0.3) is 0 Å². The molecule has 0 radical (unpaired) electrons. The number of hydrogen-bond donors (Lipinski definition) is 0. The van der Waals surface area contributed by atoms with Gasteiger partial charge in [0.05, 0.1) is 0 Å². The average Bonchev–Trinajstić information content (AvgIpc) is 2.08. The van der Waals surface area contributed by atoms with Crippen LogP contribution in [-0.2, 0) is 9.59 Å². The summed E-state index contributed by atoms with van der Waals surface area (Å²) in [5, 5.41) is 0. The molecule has 0 saturated heterocycles. The zero-order chi connectivity index (χ0) is 10.2. The molecular weight excluding hydrogens is 152 g/mol. The van der Waals surface area contributed by atoms with E-state index in [-0.39, 0.29) is 0 Å². The Balaban J connectivity index is -0.000000105. The summed E-state index contributed by atoms with van der Waals surface area (Å²) in [6.07, 6.45) is 5.38. The Morgan fingerprint density at radius 1 is 0.917 bits per heavy atom. The smallest absolute Gasteiger partial charge is 0.119 e. The third-order valence-electron chi connectivity index (χ3n) is 0.573. The molecule has 0 aromatic rings. The van der Waals surface area contributed by atoms with E-state index in [2.05, 4.69) is 13.8 Å². The molecule has 0 aliphatic carbocycles. The summed E-state index contributed by atoms with van der Waals surface area (Å²) in [6.45, 7) is 8.04. The Hall–Kier alpha value is -0.660. The van der Waals surface area contributed by atoms with E-state index in [1.54, 1.807) is 0 Å². The second kappa shape index (κ2) is 31.6. The van der Waals surface area contributed by atoms with Crippen LogP contribution in [0, 0.1) is 0 Å². The van der Waals surface area contributed by atoms with Crippen molar-refractivity contribution in [1.82, 2.24) is 0 Å². The van der Waals surface area contributed by atoms with Crippen LogP contribution in [0.1, 0.15) is 53.4 Å². The molecule has 0 aromatic heterocycles. The molecule has 0 spiro atoms. The second-order valence-corrected chi connectivity index (χ2v) is 2.24. The van der Waals surface area contributed by atoms with Gasteiger partial charge in [-0.25, -0.2) is 0 Å². The van der Waals surface area contributed by atoms with E-state index in [1.165, 1.54) is 6.42 Å². The summed E-state index contributed by atoms with van der Waals surface area (Å²) in [6, 6.07) is 0. The third kappa shape index (κ3) is 119. The van der Waals surface area contributed by atoms with Gasteiger partial charge in [-0.05, 0) is 6.42 Å². The Morgan fingerprint density at radius 2 is 1.25 bits per heavy atom. The quantitative estimate of drug-likeness (QED) is 0.616. The van der Waals surface area contributed by atoms with Crippen molar-refractivity contribution in [3.63, 3.8) is 0 Å². The lowest BCUT2D eigenvalue weighted by Crippen LogP contribution is -1.64. The lowest BCUT2D eigenvalue weighted by atomic mass is 10.4. The van der Waals surface area contributed by atoms with E-state index in [0.717, 1.165) is 19.0 Å². The maximum atomic E-state index is 9.40. The van der Waals surface area contributed by atoms with E-state index in [1.807, 2.05) is 13.8 Å². The standard InChI is InChI=1S/C4H8O.C3H6O.C3H8/c1-2-3-4-5;1-2-3-4;1-3-2/h4H,2-3H2,1H3;3H,2H2,1H3;3H2,1-2H3. The molecule has 0 heterocycles. The molecule has 0 amide bonds. The minimum absolute atomic E-state index is 0.639. The van der Waals surface area contributed by atoms with Crippen molar-refractivity contribution in [2.75, 3.05) is 0 Å². The summed E-state index contributed by atoms with van der Waals surface area (Å²) in [4.78, 5) is 18.6. The van der Waals surface area contributed by atoms with Crippen LogP contribution in [-0.4, -0.2) is 12.6 Å². The van der Waals surface area contributed by atoms with Crippen LogP contribution in [0.4, 0.5) is 0 Å². The van der Waals surface area contributed by atoms with Gasteiger partial charge in [0.25, 0.3) is 0 Å². The first-order chi connectivity index (χ1) is 5.74. The fraction of sp³-hybridized carbons (Fsp3) is 0.800. The molecule has 2 nitrogen and oxygen atoms in total. The lowest BCUT2D eigenvalue weighted by Gasteiger charge is -1.68. The molecule has 0 fully saturated rings. The van der Waals surface area contributed by atoms with Gasteiger partial charge in [-0.2, -0.15) is 0 Å². The predicted octanol–water partition coefficient (Wildman–Crippen LogP) is 3.00. The average molecular weight is 174 g/mol. The Morgan fingerprint density at radius 3 is 1.25 bits per heavy atom. The van der Waals surface area contributed by atoms with Crippen molar-refractivity contribution in [1.29, 1.82) is 0 Å². The van der Waals surface area contributed by atoms with Crippen molar-refractivity contribution < 1.29 is 9.59 Å². The van der Waals surface area contributed by atoms with Gasteiger partial charge < -0.3 is 9.59 Å². The maximum absolute atomic E-state index is 9.40. The van der Waals surface area contributed by atoms with E-state index < -0.39 is 0 Å². The predicted molar refractivity (Wildman–Crippen MR) is 53.3 cm³/mol. The Bertz CT molecular complexity index is 70.2. The molecule has 12 heavy (non-hydrogen) atoms. The molecule has 0 aromatic carbocycles. The van der Waals surface area contributed by atoms with Crippen molar-refractivity contribution in [2.45, 2.75) is 53.4 Å². The molecule has 0 N–H and O–H groups in total. The van der Waals surface area contributed by atoms with Gasteiger partial charge in [0.2, 0.25) is 0 Å². The van der Waals surface area contributed by atoms with Gasteiger partial charge >= 0.3 is 0 Å². The number of hydrogen-bond acceptors (Lipinski definition) is 2. The van der Waals surface area contributed by atoms with E-state index >= 15 is 0 Å². The Kier molecular flexibility index (Phi) is 45.9. The van der Waals surface area contributed by atoms with E-state index in [4.69, 9.17) is 0 Å². The molecule has 0 aliphatic heterocycles. The van der Waals surface area contributed by atoms with Crippen LogP contribution < -0.4 is 0 Å². The summed E-state index contributed by atoms with van der Waals surface area (Å²) < 4.78 is 0. The van der Waals surface area contributed by atoms with Gasteiger partial charge in [-0.15, -0.1) is 0 Å². The van der Waals surface area contributed by atoms with Crippen LogP contribution in [0.3, 0.4) is 0 Å². The van der Waals surface area contributed by atoms with Gasteiger partial charge in [0.1, 0.15) is 12.6 Å². The zero-order valence-electron chi connectivity index (χ0n) is 8.80. The topological polar surface area (TPSA) is 34.1 Å². The van der Waals surface area contributed by atoms with Crippen molar-refractivity contribution in [3.05, 3.63) is 0 Å². The molecule has 0 unspecified atom stereocenters. The second-order valence-electron chi connectivity index (χ2n) is 2.24. The normalized spacial score (nSPS) is 6.67. The summed E-state index contributed by atoms with van der Waals surface area (Å²) >= 11 is 0. The minimum atomic E-state index is 0.639.